The van der Waals surface area contributed by atoms with Gasteiger partial charge in [-0.05, 0) is 62.2 Å². The summed E-state index contributed by atoms with van der Waals surface area (Å²) in [5.41, 5.74) is 2.75. The fourth-order valence-electron chi connectivity index (χ4n) is 3.09. The summed E-state index contributed by atoms with van der Waals surface area (Å²) in [5.74, 6) is 0.968. The first-order valence-corrected chi connectivity index (χ1v) is 9.60. The Morgan fingerprint density at radius 1 is 1.42 bits per heavy atom. The lowest BCUT2D eigenvalue weighted by Gasteiger charge is -2.11. The Bertz CT molecular complexity index is 924. The number of ketones is 1. The molecule has 4 rings (SSSR count). The molecule has 1 saturated carbocycles. The molecule has 0 spiro atoms. The second kappa shape index (κ2) is 6.75. The number of tetrazole rings is 1. The van der Waals surface area contributed by atoms with E-state index >= 15 is 0 Å². The number of hydrogen-bond donors (Lipinski definition) is 0. The van der Waals surface area contributed by atoms with E-state index in [0.717, 1.165) is 40.7 Å². The van der Waals surface area contributed by atoms with Crippen LogP contribution >= 0.6 is 11.8 Å². The van der Waals surface area contributed by atoms with Gasteiger partial charge in [0, 0.05) is 17.0 Å². The van der Waals surface area contributed by atoms with Crippen LogP contribution in [0.1, 0.15) is 53.3 Å². The summed E-state index contributed by atoms with van der Waals surface area (Å²) >= 11 is 1.43. The Balaban J connectivity index is 1.53. The number of Topliss-reactive ketones (excluding diaryl/α,β-unsaturated/α-hetero) is 1. The molecule has 0 N–H and O–H groups in total. The molecule has 0 aliphatic heterocycles. The molecule has 0 bridgehead atoms. The number of thioether (sulfide) groups is 1. The molecule has 7 nitrogen and oxygen atoms in total. The zero-order chi connectivity index (χ0) is 18.3. The topological polar surface area (TPSA) is 78.7 Å². The maximum Gasteiger partial charge on any atom is 0.210 e. The smallest absolute Gasteiger partial charge is 0.210 e. The summed E-state index contributed by atoms with van der Waals surface area (Å²) in [6.45, 7) is 6.53. The van der Waals surface area contributed by atoms with Gasteiger partial charge in [0.05, 0.1) is 24.1 Å². The third-order valence-corrected chi connectivity index (χ3v) is 5.79. The second-order valence-corrected chi connectivity index (χ2v) is 8.02. The summed E-state index contributed by atoms with van der Waals surface area (Å²) in [4.78, 5) is 13.0. The van der Waals surface area contributed by atoms with Gasteiger partial charge >= 0.3 is 0 Å². The van der Waals surface area contributed by atoms with Crippen LogP contribution in [0.4, 0.5) is 0 Å². The van der Waals surface area contributed by atoms with E-state index in [1.165, 1.54) is 11.8 Å². The van der Waals surface area contributed by atoms with Crippen LogP contribution in [-0.4, -0.2) is 35.8 Å². The molecule has 8 heteroatoms. The Hall–Kier alpha value is -2.35. The second-order valence-electron chi connectivity index (χ2n) is 6.71. The first kappa shape index (κ1) is 17.1. The van der Waals surface area contributed by atoms with Crippen molar-refractivity contribution in [1.29, 1.82) is 0 Å². The van der Waals surface area contributed by atoms with Gasteiger partial charge < -0.3 is 8.98 Å². The number of rotatable bonds is 7. The van der Waals surface area contributed by atoms with Crippen molar-refractivity contribution in [2.24, 2.45) is 0 Å². The van der Waals surface area contributed by atoms with Crippen molar-refractivity contribution in [2.75, 3.05) is 0 Å². The molecule has 0 radical (unpaired) electrons. The molecule has 3 aromatic rings. The average Bonchev–Trinajstić information content (AvgIpc) is 3.03. The van der Waals surface area contributed by atoms with Crippen molar-refractivity contribution >= 4 is 17.5 Å². The molecule has 26 heavy (non-hydrogen) atoms. The van der Waals surface area contributed by atoms with Crippen LogP contribution in [0.2, 0.25) is 0 Å². The van der Waals surface area contributed by atoms with E-state index in [1.54, 1.807) is 6.26 Å². The summed E-state index contributed by atoms with van der Waals surface area (Å²) in [6, 6.07) is 6.17. The number of furan rings is 1. The van der Waals surface area contributed by atoms with Crippen LogP contribution in [0.15, 0.2) is 34.0 Å². The Morgan fingerprint density at radius 2 is 2.23 bits per heavy atom. The SMILES string of the molecule is Cc1cc(C(=O)[C@H](C)Sc2nnnn2C2CC2)c(C)n1Cc1ccco1. The Labute approximate surface area is 155 Å². The van der Waals surface area contributed by atoms with Crippen molar-refractivity contribution in [2.45, 2.75) is 56.6 Å². The molecule has 0 saturated heterocycles. The number of carbonyl (C=O) groups excluding carboxylic acids is 1. The van der Waals surface area contributed by atoms with Gasteiger partial charge in [-0.25, -0.2) is 4.68 Å². The highest BCUT2D eigenvalue weighted by Gasteiger charge is 2.30. The lowest BCUT2D eigenvalue weighted by Crippen LogP contribution is -2.16. The van der Waals surface area contributed by atoms with Crippen LogP contribution in [0, 0.1) is 13.8 Å². The van der Waals surface area contributed by atoms with E-state index in [9.17, 15) is 4.79 Å². The lowest BCUT2D eigenvalue weighted by atomic mass is 10.1. The number of aromatic nitrogens is 5. The summed E-state index contributed by atoms with van der Waals surface area (Å²) in [5, 5.41) is 12.4. The highest BCUT2D eigenvalue weighted by atomic mass is 32.2. The van der Waals surface area contributed by atoms with Crippen LogP contribution in [0.25, 0.3) is 0 Å². The van der Waals surface area contributed by atoms with Crippen molar-refractivity contribution in [3.05, 3.63) is 47.2 Å². The predicted octanol–water partition coefficient (Wildman–Crippen LogP) is 3.43. The van der Waals surface area contributed by atoms with Crippen LogP contribution in [0.3, 0.4) is 0 Å². The zero-order valence-electron chi connectivity index (χ0n) is 15.0. The molecule has 136 valence electrons. The normalized spacial score (nSPS) is 15.3. The fraction of sp³-hybridized carbons (Fsp3) is 0.444. The third kappa shape index (κ3) is 3.21. The number of nitrogens with zero attached hydrogens (tertiary/aromatic N) is 5. The van der Waals surface area contributed by atoms with Gasteiger partial charge in [0.1, 0.15) is 5.76 Å². The minimum atomic E-state index is -0.254. The number of carbonyl (C=O) groups is 1. The van der Waals surface area contributed by atoms with E-state index in [4.69, 9.17) is 4.42 Å². The van der Waals surface area contributed by atoms with Gasteiger partial charge in [0.25, 0.3) is 0 Å². The Kier molecular flexibility index (Phi) is 4.44. The summed E-state index contributed by atoms with van der Waals surface area (Å²) in [7, 11) is 0. The van der Waals surface area contributed by atoms with Crippen molar-refractivity contribution in [3.8, 4) is 0 Å². The standard InChI is InChI=1S/C18H21N5O2S/c1-11-9-16(12(2)22(11)10-15-5-4-8-25-15)17(24)13(3)26-18-19-20-21-23(18)14-6-7-14/h4-5,8-9,13-14H,6-7,10H2,1-3H3/t13-/m0/s1. The van der Waals surface area contributed by atoms with E-state index in [2.05, 4.69) is 20.1 Å². The minimum Gasteiger partial charge on any atom is -0.467 e. The van der Waals surface area contributed by atoms with Gasteiger partial charge in [0.15, 0.2) is 5.78 Å². The molecule has 0 amide bonds. The monoisotopic (exact) mass is 371 g/mol. The first-order chi connectivity index (χ1) is 12.5. The van der Waals surface area contributed by atoms with Gasteiger partial charge in [-0.3, -0.25) is 4.79 Å². The summed E-state index contributed by atoms with van der Waals surface area (Å²) < 4.78 is 9.39. The maximum atomic E-state index is 13.0. The van der Waals surface area contributed by atoms with E-state index in [1.807, 2.05) is 43.7 Å². The van der Waals surface area contributed by atoms with Gasteiger partial charge in [-0.2, -0.15) is 0 Å². The van der Waals surface area contributed by atoms with E-state index < -0.39 is 0 Å². The predicted molar refractivity (Wildman–Crippen MR) is 97.5 cm³/mol. The zero-order valence-corrected chi connectivity index (χ0v) is 15.9. The molecular weight excluding hydrogens is 350 g/mol. The van der Waals surface area contributed by atoms with E-state index in [0.29, 0.717) is 12.6 Å². The fourth-order valence-corrected chi connectivity index (χ4v) is 4.02. The lowest BCUT2D eigenvalue weighted by molar-refractivity contribution is 0.0993. The largest absolute Gasteiger partial charge is 0.467 e. The van der Waals surface area contributed by atoms with Crippen LogP contribution in [0.5, 0.6) is 0 Å². The number of aryl methyl sites for hydroxylation is 1. The number of hydrogen-bond acceptors (Lipinski definition) is 6. The molecule has 3 aromatic heterocycles. The van der Waals surface area contributed by atoms with Crippen LogP contribution in [-0.2, 0) is 6.54 Å². The maximum absolute atomic E-state index is 13.0. The molecule has 0 unspecified atom stereocenters. The highest BCUT2D eigenvalue weighted by molar-refractivity contribution is 8.00. The molecule has 1 atom stereocenters. The summed E-state index contributed by atoms with van der Waals surface area (Å²) in [6.07, 6.45) is 3.88. The Morgan fingerprint density at radius 3 is 2.92 bits per heavy atom. The van der Waals surface area contributed by atoms with Crippen molar-refractivity contribution < 1.29 is 9.21 Å². The van der Waals surface area contributed by atoms with Crippen molar-refractivity contribution in [3.63, 3.8) is 0 Å². The van der Waals surface area contributed by atoms with E-state index in [-0.39, 0.29) is 11.0 Å². The molecule has 3 heterocycles. The van der Waals surface area contributed by atoms with Crippen molar-refractivity contribution in [1.82, 2.24) is 24.8 Å². The van der Waals surface area contributed by atoms with Gasteiger partial charge in [-0.1, -0.05) is 11.8 Å². The van der Waals surface area contributed by atoms with Gasteiger partial charge in [-0.15, -0.1) is 5.10 Å². The minimum absolute atomic E-state index is 0.0964. The molecule has 1 aliphatic carbocycles. The average molecular weight is 371 g/mol. The quantitative estimate of drug-likeness (QED) is 0.468. The molecular formula is C18H21N5O2S. The first-order valence-electron chi connectivity index (χ1n) is 8.72. The van der Waals surface area contributed by atoms with Crippen LogP contribution < -0.4 is 0 Å². The third-order valence-electron chi connectivity index (χ3n) is 4.74. The molecule has 1 aliphatic rings. The molecule has 1 fully saturated rings. The molecule has 0 aromatic carbocycles. The van der Waals surface area contributed by atoms with Gasteiger partial charge in [0.2, 0.25) is 5.16 Å². The highest BCUT2D eigenvalue weighted by Crippen LogP contribution is 2.37.